The van der Waals surface area contributed by atoms with Crippen molar-refractivity contribution < 1.29 is 0 Å². The molecule has 3 nitrogen and oxygen atoms in total. The Morgan fingerprint density at radius 2 is 1.59 bits per heavy atom. The third-order valence-electron chi connectivity index (χ3n) is 8.88. The molecule has 0 amide bonds. The number of nitrogens with one attached hydrogen (secondary N) is 1. The Kier molecular flexibility index (Phi) is 6.23. The number of nitrogens with zero attached hydrogens (tertiary/aromatic N) is 2. The summed E-state index contributed by atoms with van der Waals surface area (Å²) in [6, 6.07) is 37.6. The van der Waals surface area contributed by atoms with Crippen LogP contribution in [0.2, 0.25) is 0 Å². The highest BCUT2D eigenvalue weighted by Crippen LogP contribution is 2.40. The monoisotopic (exact) mass is 565 g/mol. The summed E-state index contributed by atoms with van der Waals surface area (Å²) in [5, 5.41) is 11.0. The maximum Gasteiger partial charge on any atom is 0.0619 e. The van der Waals surface area contributed by atoms with Gasteiger partial charge in [-0.1, -0.05) is 104 Å². The molecule has 2 aromatic heterocycles. The van der Waals surface area contributed by atoms with Gasteiger partial charge >= 0.3 is 0 Å². The molecule has 0 spiro atoms. The van der Waals surface area contributed by atoms with E-state index in [0.29, 0.717) is 0 Å². The first-order chi connectivity index (χ1) is 21.7. The van der Waals surface area contributed by atoms with Gasteiger partial charge in [0.15, 0.2) is 0 Å². The van der Waals surface area contributed by atoms with Crippen molar-refractivity contribution in [3.8, 4) is 16.8 Å². The van der Waals surface area contributed by atoms with Crippen molar-refractivity contribution in [3.05, 3.63) is 163 Å². The van der Waals surface area contributed by atoms with E-state index in [0.717, 1.165) is 23.4 Å². The second-order valence-electron chi connectivity index (χ2n) is 11.3. The molecule has 8 rings (SSSR count). The molecule has 1 aliphatic heterocycles. The van der Waals surface area contributed by atoms with E-state index in [9.17, 15) is 0 Å². The van der Waals surface area contributed by atoms with Crippen molar-refractivity contribution in [2.24, 2.45) is 0 Å². The predicted octanol–water partition coefficient (Wildman–Crippen LogP) is 10.2. The highest BCUT2D eigenvalue weighted by atomic mass is 15.0. The molecule has 1 N–H and O–H groups in total. The molecule has 3 heteroatoms. The van der Waals surface area contributed by atoms with Gasteiger partial charge in [-0.15, -0.1) is 0 Å². The highest BCUT2D eigenvalue weighted by molar-refractivity contribution is 6.20. The summed E-state index contributed by atoms with van der Waals surface area (Å²) in [5.41, 5.74) is 10.6. The number of rotatable bonds is 5. The lowest BCUT2D eigenvalue weighted by Gasteiger charge is -2.19. The zero-order valence-corrected chi connectivity index (χ0v) is 24.6. The number of pyridine rings is 1. The zero-order chi connectivity index (χ0) is 29.6. The molecule has 0 saturated carbocycles. The molecular weight excluding hydrogens is 534 g/mol. The fourth-order valence-electron chi connectivity index (χ4n) is 6.69. The van der Waals surface area contributed by atoms with Gasteiger partial charge in [-0.25, -0.2) is 0 Å². The summed E-state index contributed by atoms with van der Waals surface area (Å²) in [4.78, 5) is 4.39. The Hall–Kier alpha value is -5.67. The molecule has 7 aromatic rings. The fourth-order valence-corrected chi connectivity index (χ4v) is 6.69. The van der Waals surface area contributed by atoms with Gasteiger partial charge in [0.2, 0.25) is 0 Å². The Labute approximate surface area is 256 Å². The Morgan fingerprint density at radius 3 is 2.41 bits per heavy atom. The van der Waals surface area contributed by atoms with Crippen molar-refractivity contribution >= 4 is 49.0 Å². The van der Waals surface area contributed by atoms with Crippen LogP contribution in [0.25, 0.3) is 65.9 Å². The Balaban J connectivity index is 1.39. The topological polar surface area (TPSA) is 29.9 Å². The SMILES string of the molecule is C=C/C(=C\C)C1=CC=C(c2ccc3c(ccc4c5ccc(-c6cccnc6)cc5n(-c5cccc6ccccc56)c34)c2)NC1. The van der Waals surface area contributed by atoms with Gasteiger partial charge in [0.05, 0.1) is 16.7 Å². The molecule has 1 aliphatic rings. The van der Waals surface area contributed by atoms with E-state index in [2.05, 4.69) is 144 Å². The fraction of sp³-hybridized carbons (Fsp3) is 0.0488. The maximum absolute atomic E-state index is 4.39. The molecule has 0 atom stereocenters. The van der Waals surface area contributed by atoms with Crippen molar-refractivity contribution in [2.45, 2.75) is 6.92 Å². The first-order valence-corrected chi connectivity index (χ1v) is 15.1. The summed E-state index contributed by atoms with van der Waals surface area (Å²) >= 11 is 0. The molecule has 0 bridgehead atoms. The zero-order valence-electron chi connectivity index (χ0n) is 24.6. The molecule has 3 heterocycles. The number of dihydropyridines is 1. The first kappa shape index (κ1) is 26.0. The van der Waals surface area contributed by atoms with E-state index in [1.54, 1.807) is 0 Å². The van der Waals surface area contributed by atoms with Gasteiger partial charge in [0.25, 0.3) is 0 Å². The van der Waals surface area contributed by atoms with E-state index >= 15 is 0 Å². The third kappa shape index (κ3) is 4.17. The molecule has 0 aliphatic carbocycles. The molecule has 5 aromatic carbocycles. The standard InChI is InChI=1S/C41H31N3/c1-3-27(4-2)33-17-21-38(43-26-33)31-16-18-35-30(23-31)15-20-37-36-19-14-29(32-11-8-22-42-25-32)24-40(36)44(41(35)37)39-13-7-10-28-9-5-6-12-34(28)39/h3-25,43H,1,26H2,2H3/b27-4+. The van der Waals surface area contributed by atoms with Gasteiger partial charge in [-0.2, -0.15) is 0 Å². The molecule has 0 fully saturated rings. The average Bonchev–Trinajstić information content (AvgIpc) is 3.43. The van der Waals surface area contributed by atoms with E-state index in [4.69, 9.17) is 0 Å². The quantitative estimate of drug-likeness (QED) is 0.210. The Bertz CT molecular complexity index is 2340. The average molecular weight is 566 g/mol. The largest absolute Gasteiger partial charge is 0.380 e. The highest BCUT2D eigenvalue weighted by Gasteiger charge is 2.18. The lowest BCUT2D eigenvalue weighted by atomic mass is 9.98. The minimum Gasteiger partial charge on any atom is -0.380 e. The minimum absolute atomic E-state index is 0.781. The van der Waals surface area contributed by atoms with Crippen LogP contribution in [0.1, 0.15) is 12.5 Å². The number of benzene rings is 5. The lowest BCUT2D eigenvalue weighted by molar-refractivity contribution is 0.953. The molecule has 0 saturated heterocycles. The van der Waals surface area contributed by atoms with Crippen LogP contribution in [0.3, 0.4) is 0 Å². The molecule has 44 heavy (non-hydrogen) atoms. The van der Waals surface area contributed by atoms with Crippen LogP contribution < -0.4 is 5.32 Å². The van der Waals surface area contributed by atoms with E-state index in [1.165, 1.54) is 65.7 Å². The number of allylic oxidation sites excluding steroid dienone is 4. The van der Waals surface area contributed by atoms with E-state index in [1.807, 2.05) is 24.5 Å². The number of hydrogen-bond acceptors (Lipinski definition) is 2. The van der Waals surface area contributed by atoms with Gasteiger partial charge < -0.3 is 9.88 Å². The van der Waals surface area contributed by atoms with Crippen molar-refractivity contribution in [2.75, 3.05) is 6.54 Å². The number of fused-ring (bicyclic) bond motifs is 6. The van der Waals surface area contributed by atoms with Crippen LogP contribution in [0.15, 0.2) is 158 Å². The van der Waals surface area contributed by atoms with Crippen LogP contribution in [0, 0.1) is 0 Å². The van der Waals surface area contributed by atoms with Crippen LogP contribution >= 0.6 is 0 Å². The van der Waals surface area contributed by atoms with Gasteiger partial charge in [-0.3, -0.25) is 4.98 Å². The summed E-state index contributed by atoms with van der Waals surface area (Å²) in [5.74, 6) is 0. The summed E-state index contributed by atoms with van der Waals surface area (Å²) in [6.45, 7) is 6.80. The minimum atomic E-state index is 0.781. The second kappa shape index (κ2) is 10.6. The number of aromatic nitrogens is 2. The second-order valence-corrected chi connectivity index (χ2v) is 11.3. The molecular formula is C41H31N3. The van der Waals surface area contributed by atoms with Crippen molar-refractivity contribution in [1.82, 2.24) is 14.9 Å². The molecule has 0 radical (unpaired) electrons. The maximum atomic E-state index is 4.39. The summed E-state index contributed by atoms with van der Waals surface area (Å²) < 4.78 is 2.47. The smallest absolute Gasteiger partial charge is 0.0619 e. The first-order valence-electron chi connectivity index (χ1n) is 15.1. The molecule has 210 valence electrons. The van der Waals surface area contributed by atoms with Gasteiger partial charge in [-0.05, 0) is 70.3 Å². The normalized spacial score (nSPS) is 13.7. The van der Waals surface area contributed by atoms with Gasteiger partial charge in [0, 0.05) is 51.7 Å². The Morgan fingerprint density at radius 1 is 0.750 bits per heavy atom. The summed E-state index contributed by atoms with van der Waals surface area (Å²) in [7, 11) is 0. The lowest BCUT2D eigenvalue weighted by Crippen LogP contribution is -2.19. The third-order valence-corrected chi connectivity index (χ3v) is 8.88. The van der Waals surface area contributed by atoms with Gasteiger partial charge in [0.1, 0.15) is 0 Å². The predicted molar refractivity (Wildman–Crippen MR) is 187 cm³/mol. The number of hydrogen-bond donors (Lipinski definition) is 1. The van der Waals surface area contributed by atoms with Crippen LogP contribution in [0.5, 0.6) is 0 Å². The van der Waals surface area contributed by atoms with E-state index < -0.39 is 0 Å². The van der Waals surface area contributed by atoms with E-state index in [-0.39, 0.29) is 0 Å². The van der Waals surface area contributed by atoms with Crippen LogP contribution in [-0.4, -0.2) is 16.1 Å². The summed E-state index contributed by atoms with van der Waals surface area (Å²) in [6.07, 6.45) is 12.2. The van der Waals surface area contributed by atoms with Crippen molar-refractivity contribution in [3.63, 3.8) is 0 Å². The van der Waals surface area contributed by atoms with Crippen LogP contribution in [0.4, 0.5) is 0 Å². The van der Waals surface area contributed by atoms with Crippen molar-refractivity contribution in [1.29, 1.82) is 0 Å². The van der Waals surface area contributed by atoms with Crippen LogP contribution in [-0.2, 0) is 0 Å². The molecule has 0 unspecified atom stereocenters.